The molecule has 0 aromatic heterocycles. The molecule has 0 unspecified atom stereocenters. The first-order valence-electron chi connectivity index (χ1n) is 6.09. The van der Waals surface area contributed by atoms with Crippen LogP contribution >= 0.6 is 0 Å². The molecule has 2 heteroatoms. The molecular weight excluding hydrogens is 212 g/mol. The summed E-state index contributed by atoms with van der Waals surface area (Å²) in [6, 6.07) is 9.58. The van der Waals surface area contributed by atoms with Crippen molar-refractivity contribution in [3.05, 3.63) is 48.6 Å². The van der Waals surface area contributed by atoms with E-state index in [0.29, 0.717) is 13.0 Å². The van der Waals surface area contributed by atoms with Crippen LogP contribution in [0.25, 0.3) is 0 Å². The minimum Gasteiger partial charge on any atom is -0.382 e. The largest absolute Gasteiger partial charge is 0.382 e. The molecule has 0 aliphatic carbocycles. The van der Waals surface area contributed by atoms with Gasteiger partial charge in [-0.25, -0.2) is 0 Å². The Morgan fingerprint density at radius 3 is 2.29 bits per heavy atom. The Kier molecular flexibility index (Phi) is 4.49. The minimum absolute atomic E-state index is 0.544. The molecule has 1 N–H and O–H groups in total. The summed E-state index contributed by atoms with van der Waals surface area (Å²) in [5, 5.41) is 10.8. The Balaban J connectivity index is 3.21. The maximum absolute atomic E-state index is 10.8. The highest BCUT2D eigenvalue weighted by Gasteiger charge is 2.45. The van der Waals surface area contributed by atoms with Crippen molar-refractivity contribution in [1.29, 1.82) is 0 Å². The molecule has 0 spiro atoms. The molecule has 0 radical (unpaired) electrons. The van der Waals surface area contributed by atoms with Crippen LogP contribution in [0, 0.1) is 0 Å². The van der Waals surface area contributed by atoms with Crippen molar-refractivity contribution in [3.63, 3.8) is 0 Å². The van der Waals surface area contributed by atoms with Gasteiger partial charge in [-0.05, 0) is 25.8 Å². The standard InChI is InChI=1S/C15H22O2/c1-5-15(6-2,17-7-3)14(4,16)13-11-9-8-10-12-13/h5,8-12,16H,1,6-7H2,2-4H3/t14-,15-/m1/s1. The van der Waals surface area contributed by atoms with E-state index in [1.165, 1.54) is 0 Å². The fourth-order valence-electron chi connectivity index (χ4n) is 2.25. The topological polar surface area (TPSA) is 29.5 Å². The Labute approximate surface area is 104 Å². The Bertz CT molecular complexity index is 356. The highest BCUT2D eigenvalue weighted by Crippen LogP contribution is 2.39. The Hall–Kier alpha value is -1.12. The van der Waals surface area contributed by atoms with E-state index in [2.05, 4.69) is 6.58 Å². The van der Waals surface area contributed by atoms with Crippen molar-refractivity contribution in [3.8, 4) is 0 Å². The summed E-state index contributed by atoms with van der Waals surface area (Å²) in [5.74, 6) is 0. The van der Waals surface area contributed by atoms with E-state index in [1.54, 1.807) is 13.0 Å². The zero-order chi connectivity index (χ0) is 12.9. The molecule has 0 heterocycles. The molecule has 0 bridgehead atoms. The first kappa shape index (κ1) is 13.9. The van der Waals surface area contributed by atoms with Gasteiger partial charge in [0, 0.05) is 6.61 Å². The smallest absolute Gasteiger partial charge is 0.119 e. The molecular formula is C15H22O2. The van der Waals surface area contributed by atoms with Gasteiger partial charge in [0.1, 0.15) is 11.2 Å². The summed E-state index contributed by atoms with van der Waals surface area (Å²) in [4.78, 5) is 0. The van der Waals surface area contributed by atoms with E-state index in [9.17, 15) is 5.11 Å². The molecule has 1 aromatic carbocycles. The average molecular weight is 234 g/mol. The number of hydrogen-bond acceptors (Lipinski definition) is 2. The molecule has 2 atom stereocenters. The maximum atomic E-state index is 10.8. The molecule has 1 rings (SSSR count). The molecule has 2 nitrogen and oxygen atoms in total. The number of aliphatic hydroxyl groups is 1. The highest BCUT2D eigenvalue weighted by atomic mass is 16.5. The number of hydrogen-bond donors (Lipinski definition) is 1. The van der Waals surface area contributed by atoms with E-state index in [-0.39, 0.29) is 0 Å². The van der Waals surface area contributed by atoms with Crippen LogP contribution in [0.4, 0.5) is 0 Å². The third kappa shape index (κ3) is 2.43. The van der Waals surface area contributed by atoms with Gasteiger partial charge in [0.05, 0.1) is 0 Å². The third-order valence-electron chi connectivity index (χ3n) is 3.42. The van der Waals surface area contributed by atoms with Gasteiger partial charge < -0.3 is 9.84 Å². The number of benzene rings is 1. The Morgan fingerprint density at radius 1 is 1.29 bits per heavy atom. The van der Waals surface area contributed by atoms with Gasteiger partial charge in [-0.1, -0.05) is 43.3 Å². The zero-order valence-electron chi connectivity index (χ0n) is 10.9. The molecule has 0 saturated heterocycles. The van der Waals surface area contributed by atoms with Crippen molar-refractivity contribution in [2.45, 2.75) is 38.4 Å². The highest BCUT2D eigenvalue weighted by molar-refractivity contribution is 5.28. The number of ether oxygens (including phenoxy) is 1. The minimum atomic E-state index is -1.08. The normalized spacial score (nSPS) is 18.1. The summed E-state index contributed by atoms with van der Waals surface area (Å²) in [6.07, 6.45) is 2.38. The van der Waals surface area contributed by atoms with Gasteiger partial charge in [-0.15, -0.1) is 6.58 Å². The summed E-state index contributed by atoms with van der Waals surface area (Å²) in [5.41, 5.74) is -0.987. The zero-order valence-corrected chi connectivity index (χ0v) is 10.9. The SMILES string of the molecule is C=C[C@](CC)(OCC)[C@](C)(O)c1ccccc1. The van der Waals surface area contributed by atoms with Crippen LogP contribution in [-0.4, -0.2) is 17.3 Å². The second kappa shape index (κ2) is 5.48. The average Bonchev–Trinajstić information content (AvgIpc) is 2.37. The first-order valence-corrected chi connectivity index (χ1v) is 6.09. The van der Waals surface area contributed by atoms with Crippen molar-refractivity contribution < 1.29 is 9.84 Å². The molecule has 0 fully saturated rings. The van der Waals surface area contributed by atoms with Gasteiger partial charge in [0.25, 0.3) is 0 Å². The van der Waals surface area contributed by atoms with Crippen LogP contribution in [0.5, 0.6) is 0 Å². The molecule has 0 saturated carbocycles. The van der Waals surface area contributed by atoms with E-state index < -0.39 is 11.2 Å². The van der Waals surface area contributed by atoms with Gasteiger partial charge in [-0.2, -0.15) is 0 Å². The first-order chi connectivity index (χ1) is 8.04. The van der Waals surface area contributed by atoms with Crippen molar-refractivity contribution >= 4 is 0 Å². The van der Waals surface area contributed by atoms with Crippen molar-refractivity contribution in [2.24, 2.45) is 0 Å². The molecule has 0 amide bonds. The lowest BCUT2D eigenvalue weighted by molar-refractivity contribution is -0.153. The quantitative estimate of drug-likeness (QED) is 0.765. The molecule has 94 valence electrons. The van der Waals surface area contributed by atoms with E-state index >= 15 is 0 Å². The van der Waals surface area contributed by atoms with Crippen LogP contribution in [0.1, 0.15) is 32.8 Å². The molecule has 0 aliphatic heterocycles. The van der Waals surface area contributed by atoms with Gasteiger partial charge in [0.15, 0.2) is 0 Å². The monoisotopic (exact) mass is 234 g/mol. The van der Waals surface area contributed by atoms with Gasteiger partial charge in [-0.3, -0.25) is 0 Å². The van der Waals surface area contributed by atoms with Crippen LogP contribution < -0.4 is 0 Å². The Morgan fingerprint density at radius 2 is 1.88 bits per heavy atom. The fraction of sp³-hybridized carbons (Fsp3) is 0.467. The van der Waals surface area contributed by atoms with E-state index in [4.69, 9.17) is 4.74 Å². The van der Waals surface area contributed by atoms with E-state index in [0.717, 1.165) is 5.56 Å². The van der Waals surface area contributed by atoms with E-state index in [1.807, 2.05) is 44.2 Å². The summed E-state index contributed by atoms with van der Waals surface area (Å²) in [6.45, 7) is 10.1. The van der Waals surface area contributed by atoms with Crippen molar-refractivity contribution in [2.75, 3.05) is 6.61 Å². The molecule has 1 aromatic rings. The lowest BCUT2D eigenvalue weighted by Gasteiger charge is -2.42. The predicted molar refractivity (Wildman–Crippen MR) is 70.9 cm³/mol. The predicted octanol–water partition coefficient (Wildman–Crippen LogP) is 3.27. The summed E-state index contributed by atoms with van der Waals surface area (Å²) >= 11 is 0. The fourth-order valence-corrected chi connectivity index (χ4v) is 2.25. The summed E-state index contributed by atoms with van der Waals surface area (Å²) < 4.78 is 5.78. The maximum Gasteiger partial charge on any atom is 0.119 e. The summed E-state index contributed by atoms with van der Waals surface area (Å²) in [7, 11) is 0. The van der Waals surface area contributed by atoms with Crippen LogP contribution in [0.3, 0.4) is 0 Å². The van der Waals surface area contributed by atoms with Gasteiger partial charge >= 0.3 is 0 Å². The van der Waals surface area contributed by atoms with Crippen LogP contribution in [-0.2, 0) is 10.3 Å². The van der Waals surface area contributed by atoms with Crippen molar-refractivity contribution in [1.82, 2.24) is 0 Å². The van der Waals surface area contributed by atoms with Gasteiger partial charge in [0.2, 0.25) is 0 Å². The number of rotatable bonds is 6. The lowest BCUT2D eigenvalue weighted by Crippen LogP contribution is -2.50. The third-order valence-corrected chi connectivity index (χ3v) is 3.42. The molecule has 0 aliphatic rings. The lowest BCUT2D eigenvalue weighted by atomic mass is 9.77. The second-order valence-corrected chi connectivity index (χ2v) is 4.32. The second-order valence-electron chi connectivity index (χ2n) is 4.32. The van der Waals surface area contributed by atoms with Crippen LogP contribution in [0.2, 0.25) is 0 Å². The van der Waals surface area contributed by atoms with Crippen LogP contribution in [0.15, 0.2) is 43.0 Å². The molecule has 17 heavy (non-hydrogen) atoms.